The number of hydrogen-bond acceptors (Lipinski definition) is 2. The van der Waals surface area contributed by atoms with Gasteiger partial charge < -0.3 is 4.74 Å². The summed E-state index contributed by atoms with van der Waals surface area (Å²) in [4.78, 5) is 12.9. The van der Waals surface area contributed by atoms with E-state index in [1.807, 2.05) is 55.5 Å². The van der Waals surface area contributed by atoms with Crippen molar-refractivity contribution in [3.05, 3.63) is 54.1 Å². The van der Waals surface area contributed by atoms with Crippen LogP contribution in [0.1, 0.15) is 5.56 Å². The van der Waals surface area contributed by atoms with Crippen LogP contribution in [0.5, 0.6) is 5.75 Å². The molecule has 0 aromatic heterocycles. The first-order chi connectivity index (χ1) is 8.76. The fourth-order valence-corrected chi connectivity index (χ4v) is 1.87. The SMILES string of the molecule is COc1ccc(N(C=O)c2ccccc2)c(C)c1. The molecule has 0 bridgehead atoms. The van der Waals surface area contributed by atoms with Gasteiger partial charge in [-0.05, 0) is 42.8 Å². The predicted octanol–water partition coefficient (Wildman–Crippen LogP) is 3.30. The van der Waals surface area contributed by atoms with Gasteiger partial charge in [-0.25, -0.2) is 0 Å². The molecule has 0 saturated heterocycles. The third kappa shape index (κ3) is 2.35. The Morgan fingerprint density at radius 2 is 1.83 bits per heavy atom. The largest absolute Gasteiger partial charge is 0.497 e. The molecule has 1 amide bonds. The summed E-state index contributed by atoms with van der Waals surface area (Å²) >= 11 is 0. The lowest BCUT2D eigenvalue weighted by molar-refractivity contribution is -0.106. The first-order valence-electron chi connectivity index (χ1n) is 5.70. The Labute approximate surface area is 107 Å². The van der Waals surface area contributed by atoms with Crippen LogP contribution < -0.4 is 9.64 Å². The van der Waals surface area contributed by atoms with Gasteiger partial charge in [0.05, 0.1) is 12.8 Å². The predicted molar refractivity (Wildman–Crippen MR) is 72.4 cm³/mol. The number of amides is 1. The van der Waals surface area contributed by atoms with Crippen LogP contribution in [0.3, 0.4) is 0 Å². The quantitative estimate of drug-likeness (QED) is 0.769. The molecule has 0 N–H and O–H groups in total. The summed E-state index contributed by atoms with van der Waals surface area (Å²) in [5.41, 5.74) is 2.70. The number of methoxy groups -OCH3 is 1. The third-order valence-corrected chi connectivity index (χ3v) is 2.80. The molecule has 0 spiro atoms. The Kier molecular flexibility index (Phi) is 3.63. The van der Waals surface area contributed by atoms with Gasteiger partial charge in [-0.15, -0.1) is 0 Å². The van der Waals surface area contributed by atoms with Crippen molar-refractivity contribution in [1.82, 2.24) is 0 Å². The van der Waals surface area contributed by atoms with Gasteiger partial charge in [0.1, 0.15) is 5.75 Å². The van der Waals surface area contributed by atoms with E-state index in [1.54, 1.807) is 12.0 Å². The standard InChI is InChI=1S/C15H15NO2/c1-12-10-14(18-2)8-9-15(12)16(11-17)13-6-4-3-5-7-13/h3-11H,1-2H3. The summed E-state index contributed by atoms with van der Waals surface area (Å²) in [6.07, 6.45) is 0.824. The van der Waals surface area contributed by atoms with Crippen molar-refractivity contribution >= 4 is 17.8 Å². The molecule has 92 valence electrons. The van der Waals surface area contributed by atoms with E-state index in [1.165, 1.54) is 0 Å². The number of carbonyl (C=O) groups excluding carboxylic acids is 1. The Hall–Kier alpha value is -2.29. The molecule has 0 unspecified atom stereocenters. The molecule has 0 atom stereocenters. The zero-order valence-corrected chi connectivity index (χ0v) is 10.5. The van der Waals surface area contributed by atoms with Crippen molar-refractivity contribution in [2.24, 2.45) is 0 Å². The van der Waals surface area contributed by atoms with Crippen molar-refractivity contribution in [2.75, 3.05) is 12.0 Å². The van der Waals surface area contributed by atoms with E-state index in [0.29, 0.717) is 0 Å². The van der Waals surface area contributed by atoms with Crippen molar-refractivity contribution in [3.8, 4) is 5.75 Å². The summed E-state index contributed by atoms with van der Waals surface area (Å²) in [7, 11) is 1.63. The first kappa shape index (κ1) is 12.2. The molecule has 3 heteroatoms. The van der Waals surface area contributed by atoms with Gasteiger partial charge in [0, 0.05) is 5.69 Å². The summed E-state index contributed by atoms with van der Waals surface area (Å²) in [5.74, 6) is 0.787. The topological polar surface area (TPSA) is 29.5 Å². The molecule has 18 heavy (non-hydrogen) atoms. The minimum Gasteiger partial charge on any atom is -0.497 e. The van der Waals surface area contributed by atoms with Gasteiger partial charge in [0.15, 0.2) is 0 Å². The van der Waals surface area contributed by atoms with E-state index in [-0.39, 0.29) is 0 Å². The molecule has 2 aromatic rings. The molecule has 0 heterocycles. The molecule has 0 radical (unpaired) electrons. The Balaban J connectivity index is 2.43. The molecule has 0 saturated carbocycles. The van der Waals surface area contributed by atoms with Crippen LogP contribution in [-0.4, -0.2) is 13.5 Å². The van der Waals surface area contributed by atoms with Crippen LogP contribution in [0.15, 0.2) is 48.5 Å². The maximum Gasteiger partial charge on any atom is 0.218 e. The van der Waals surface area contributed by atoms with Gasteiger partial charge in [-0.2, -0.15) is 0 Å². The lowest BCUT2D eigenvalue weighted by Crippen LogP contribution is -2.15. The number of para-hydroxylation sites is 1. The van der Waals surface area contributed by atoms with Gasteiger partial charge in [0.2, 0.25) is 6.41 Å². The molecular formula is C15H15NO2. The minimum atomic E-state index is 0.787. The second kappa shape index (κ2) is 5.36. The van der Waals surface area contributed by atoms with E-state index in [2.05, 4.69) is 0 Å². The van der Waals surface area contributed by atoms with E-state index in [0.717, 1.165) is 29.1 Å². The summed E-state index contributed by atoms with van der Waals surface area (Å²) in [6, 6.07) is 15.2. The molecule has 0 aliphatic heterocycles. The van der Waals surface area contributed by atoms with Crippen molar-refractivity contribution < 1.29 is 9.53 Å². The van der Waals surface area contributed by atoms with Crippen LogP contribution in [-0.2, 0) is 4.79 Å². The number of benzene rings is 2. The number of hydrogen-bond donors (Lipinski definition) is 0. The average molecular weight is 241 g/mol. The number of carbonyl (C=O) groups is 1. The summed E-state index contributed by atoms with van der Waals surface area (Å²) in [6.45, 7) is 1.96. The van der Waals surface area contributed by atoms with Crippen molar-refractivity contribution in [3.63, 3.8) is 0 Å². The lowest BCUT2D eigenvalue weighted by atomic mass is 10.1. The number of anilines is 2. The third-order valence-electron chi connectivity index (χ3n) is 2.80. The van der Waals surface area contributed by atoms with Crippen LogP contribution in [0.25, 0.3) is 0 Å². The maximum atomic E-state index is 11.3. The molecule has 2 rings (SSSR count). The molecule has 2 aromatic carbocycles. The van der Waals surface area contributed by atoms with Crippen LogP contribution in [0.2, 0.25) is 0 Å². The van der Waals surface area contributed by atoms with E-state index >= 15 is 0 Å². The highest BCUT2D eigenvalue weighted by Gasteiger charge is 2.10. The Morgan fingerprint density at radius 3 is 2.39 bits per heavy atom. The van der Waals surface area contributed by atoms with Crippen molar-refractivity contribution in [1.29, 1.82) is 0 Å². The van der Waals surface area contributed by atoms with Crippen LogP contribution >= 0.6 is 0 Å². The first-order valence-corrected chi connectivity index (χ1v) is 5.70. The summed E-state index contributed by atoms with van der Waals surface area (Å²) in [5, 5.41) is 0. The Bertz CT molecular complexity index is 537. The van der Waals surface area contributed by atoms with Crippen LogP contribution in [0.4, 0.5) is 11.4 Å². The fourth-order valence-electron chi connectivity index (χ4n) is 1.87. The maximum absolute atomic E-state index is 11.3. The highest BCUT2D eigenvalue weighted by molar-refractivity contribution is 5.87. The highest BCUT2D eigenvalue weighted by atomic mass is 16.5. The van der Waals surface area contributed by atoms with E-state index in [4.69, 9.17) is 4.74 Å². The average Bonchev–Trinajstić information content (AvgIpc) is 2.42. The van der Waals surface area contributed by atoms with Gasteiger partial charge >= 0.3 is 0 Å². The molecular weight excluding hydrogens is 226 g/mol. The smallest absolute Gasteiger partial charge is 0.218 e. The number of aryl methyl sites for hydroxylation is 1. The van der Waals surface area contributed by atoms with Crippen LogP contribution in [0, 0.1) is 6.92 Å². The minimum absolute atomic E-state index is 0.787. The van der Waals surface area contributed by atoms with E-state index < -0.39 is 0 Å². The van der Waals surface area contributed by atoms with Gasteiger partial charge in [0.25, 0.3) is 0 Å². The molecule has 0 fully saturated rings. The zero-order valence-electron chi connectivity index (χ0n) is 10.5. The van der Waals surface area contributed by atoms with Crippen molar-refractivity contribution in [2.45, 2.75) is 6.92 Å². The number of nitrogens with zero attached hydrogens (tertiary/aromatic N) is 1. The van der Waals surface area contributed by atoms with E-state index in [9.17, 15) is 4.79 Å². The second-order valence-corrected chi connectivity index (χ2v) is 3.96. The van der Waals surface area contributed by atoms with Gasteiger partial charge in [-0.1, -0.05) is 18.2 Å². The zero-order chi connectivity index (χ0) is 13.0. The Morgan fingerprint density at radius 1 is 1.11 bits per heavy atom. The lowest BCUT2D eigenvalue weighted by Gasteiger charge is -2.20. The number of rotatable bonds is 4. The monoisotopic (exact) mass is 241 g/mol. The normalized spacial score (nSPS) is 9.89. The second-order valence-electron chi connectivity index (χ2n) is 3.96. The molecule has 0 aliphatic rings. The molecule has 3 nitrogen and oxygen atoms in total. The number of ether oxygens (including phenoxy) is 1. The molecule has 0 aliphatic carbocycles. The highest BCUT2D eigenvalue weighted by Crippen LogP contribution is 2.29. The van der Waals surface area contributed by atoms with Gasteiger partial charge in [-0.3, -0.25) is 9.69 Å². The summed E-state index contributed by atoms with van der Waals surface area (Å²) < 4.78 is 5.16. The fraction of sp³-hybridized carbons (Fsp3) is 0.133.